The number of rotatable bonds is 13. The van der Waals surface area contributed by atoms with E-state index in [0.29, 0.717) is 29.6 Å². The molecule has 5 atom stereocenters. The molecule has 7 heterocycles. The Bertz CT molecular complexity index is 3120. The van der Waals surface area contributed by atoms with Gasteiger partial charge in [0.05, 0.1) is 46.6 Å². The van der Waals surface area contributed by atoms with Crippen molar-refractivity contribution in [2.24, 2.45) is 4.99 Å². The summed E-state index contributed by atoms with van der Waals surface area (Å²) >= 11 is 9.52. The first-order valence-corrected chi connectivity index (χ1v) is 25.4. The summed E-state index contributed by atoms with van der Waals surface area (Å²) in [5.74, 6) is 1.05. The molecule has 0 unspecified atom stereocenters. The fourth-order valence-electron chi connectivity index (χ4n) is 9.42. The lowest BCUT2D eigenvalue weighted by atomic mass is 9.89. The van der Waals surface area contributed by atoms with Crippen molar-refractivity contribution < 1.29 is 24.2 Å². The smallest absolute Gasteiger partial charge is 0.247 e. The second-order valence-corrected chi connectivity index (χ2v) is 20.9. The molecule has 5 aromatic heterocycles. The molecule has 1 saturated heterocycles. The number of amides is 3. The van der Waals surface area contributed by atoms with Crippen LogP contribution < -0.4 is 15.4 Å². The van der Waals surface area contributed by atoms with E-state index in [4.69, 9.17) is 21.3 Å². The minimum Gasteiger partial charge on any atom is -0.474 e. The summed E-state index contributed by atoms with van der Waals surface area (Å²) < 4.78 is 9.79. The maximum absolute atomic E-state index is 13.9. The van der Waals surface area contributed by atoms with E-state index in [9.17, 15) is 19.5 Å². The highest BCUT2D eigenvalue weighted by molar-refractivity contribution is 7.15. The highest BCUT2D eigenvalue weighted by Crippen LogP contribution is 2.40. The molecule has 2 aromatic carbocycles. The molecule has 3 amide bonds. The summed E-state index contributed by atoms with van der Waals surface area (Å²) in [6.07, 6.45) is 5.68. The van der Waals surface area contributed by atoms with E-state index in [1.54, 1.807) is 58.9 Å². The predicted octanol–water partition coefficient (Wildman–Crippen LogP) is 8.01. The van der Waals surface area contributed by atoms with Crippen LogP contribution in [0.3, 0.4) is 0 Å². The van der Waals surface area contributed by atoms with Crippen molar-refractivity contribution in [3.05, 3.63) is 134 Å². The van der Waals surface area contributed by atoms with Gasteiger partial charge in [-0.15, -0.1) is 32.9 Å². The van der Waals surface area contributed by atoms with Crippen molar-refractivity contribution in [3.63, 3.8) is 0 Å². The lowest BCUT2D eigenvalue weighted by Crippen LogP contribution is -2.49. The molecule has 360 valence electrons. The average molecular weight is 999 g/mol. The second-order valence-electron chi connectivity index (χ2n) is 18.4. The number of β-amino-alcohol motifs (C(OH)–C–C–N with tert-alkyl or cyclic N) is 1. The molecular formula is C51H52ClN11O5S2. The van der Waals surface area contributed by atoms with Crippen molar-refractivity contribution in [2.75, 3.05) is 6.54 Å². The molecule has 3 aliphatic rings. The van der Waals surface area contributed by atoms with Gasteiger partial charge in [0, 0.05) is 82.5 Å². The van der Waals surface area contributed by atoms with E-state index in [-0.39, 0.29) is 55.3 Å². The van der Waals surface area contributed by atoms with Gasteiger partial charge in [-0.25, -0.2) is 9.97 Å². The lowest BCUT2D eigenvalue weighted by molar-refractivity contribution is -0.141. The van der Waals surface area contributed by atoms with E-state index in [2.05, 4.69) is 49.7 Å². The standard InChI is InChI=1S/C51H52ClN11O5S2/c1-26-30(5)70-51-45(26)46(33-11-14-37(52)15-12-33)58-41(48-60-59-31(6)63(48)51)20-43(65)57-38-17-40(18-38)68-44-16-13-35(21-53-44)36-22-55-62(23-36)29(4)50(67)61-24-39(64)19-42(61)49(66)56-27(2)32-7-9-34(10-8-32)47-28(3)54-25-69-47/h7-16,21-23,25,27,29,38-42,64H,17-20,24H2,1-6H3,(H,56,66)(H,57,65)/t27-,29+,38?,39+,40?,41-,42-/m0/s1. The van der Waals surface area contributed by atoms with Crippen LogP contribution >= 0.6 is 34.3 Å². The predicted molar refractivity (Wildman–Crippen MR) is 269 cm³/mol. The molecule has 10 rings (SSSR count). The van der Waals surface area contributed by atoms with Crippen LogP contribution in [0.2, 0.25) is 5.02 Å². The number of carbonyl (C=O) groups excluding carboxylic acids is 3. The van der Waals surface area contributed by atoms with Gasteiger partial charge in [-0.05, 0) is 76.4 Å². The molecule has 70 heavy (non-hydrogen) atoms. The van der Waals surface area contributed by atoms with Crippen LogP contribution in [0.1, 0.15) is 102 Å². The van der Waals surface area contributed by atoms with Crippen molar-refractivity contribution in [1.82, 2.24) is 50.0 Å². The average Bonchev–Trinajstić information content (AvgIpc) is 4.19. The molecule has 19 heteroatoms. The van der Waals surface area contributed by atoms with Gasteiger partial charge < -0.3 is 25.4 Å². The number of halogens is 1. The van der Waals surface area contributed by atoms with Crippen molar-refractivity contribution in [2.45, 2.75) is 110 Å². The lowest BCUT2D eigenvalue weighted by Gasteiger charge is -2.35. The van der Waals surface area contributed by atoms with Crippen molar-refractivity contribution in [3.8, 4) is 32.4 Å². The minimum absolute atomic E-state index is 0.0509. The SMILES string of the molecule is Cc1ncsc1-c1ccc([C@H](C)NC(=O)[C@@H]2C[C@@H](O)CN2C(=O)[C@@H](C)n2cc(-c3ccc(OC4CC(NC(=O)C[C@@H]5N=C(c6ccc(Cl)cc6)c6c(sc(C)c6C)-n6c(C)nnc65)C4)nc3)cn2)cc1. The summed E-state index contributed by atoms with van der Waals surface area (Å²) in [5, 5.41) is 31.9. The van der Waals surface area contributed by atoms with E-state index in [1.165, 1.54) is 9.78 Å². The third-order valence-corrected chi connectivity index (χ3v) is 16.0. The zero-order chi connectivity index (χ0) is 49.0. The number of nitrogens with zero attached hydrogens (tertiary/aromatic N) is 9. The van der Waals surface area contributed by atoms with E-state index in [1.807, 2.05) is 85.4 Å². The van der Waals surface area contributed by atoms with Crippen LogP contribution in [0.15, 0.2) is 89.8 Å². The Balaban J connectivity index is 0.725. The van der Waals surface area contributed by atoms with Crippen molar-refractivity contribution >= 4 is 57.7 Å². The zero-order valence-electron chi connectivity index (χ0n) is 39.5. The Labute approximate surface area is 417 Å². The topological polar surface area (TPSA) is 195 Å². The number of nitrogens with one attached hydrogen (secondary N) is 2. The summed E-state index contributed by atoms with van der Waals surface area (Å²) in [4.78, 5) is 59.1. The maximum atomic E-state index is 13.9. The number of aliphatic imine (C=N–C) groups is 1. The molecular weight excluding hydrogens is 946 g/mol. The van der Waals surface area contributed by atoms with Crippen LogP contribution in [0.4, 0.5) is 0 Å². The molecule has 0 bridgehead atoms. The monoisotopic (exact) mass is 997 g/mol. The van der Waals surface area contributed by atoms with Gasteiger partial charge in [-0.1, -0.05) is 48.0 Å². The van der Waals surface area contributed by atoms with E-state index >= 15 is 0 Å². The van der Waals surface area contributed by atoms with Crippen molar-refractivity contribution in [1.29, 1.82) is 0 Å². The Morgan fingerprint density at radius 3 is 2.36 bits per heavy atom. The fraction of sp³-hybridized carbons (Fsp3) is 0.353. The van der Waals surface area contributed by atoms with Crippen LogP contribution in [0.5, 0.6) is 5.88 Å². The number of aliphatic hydroxyl groups is 1. The highest BCUT2D eigenvalue weighted by atomic mass is 35.5. The van der Waals surface area contributed by atoms with Crippen LogP contribution in [0, 0.1) is 27.7 Å². The number of ether oxygens (including phenoxy) is 1. The summed E-state index contributed by atoms with van der Waals surface area (Å²) in [6.45, 7) is 11.8. The zero-order valence-corrected chi connectivity index (χ0v) is 41.8. The summed E-state index contributed by atoms with van der Waals surface area (Å²) in [5.41, 5.74) is 10.2. The van der Waals surface area contributed by atoms with Gasteiger partial charge in [-0.3, -0.25) is 28.6 Å². The first-order chi connectivity index (χ1) is 33.7. The molecule has 0 radical (unpaired) electrons. The number of aliphatic hydroxyl groups excluding tert-OH is 1. The molecule has 1 aliphatic carbocycles. The second kappa shape index (κ2) is 19.3. The molecule has 2 fully saturated rings. The number of thiazole rings is 1. The number of carbonyl (C=O) groups is 3. The van der Waals surface area contributed by atoms with Gasteiger partial charge in [-0.2, -0.15) is 5.10 Å². The number of pyridine rings is 1. The Morgan fingerprint density at radius 2 is 1.64 bits per heavy atom. The molecule has 3 N–H and O–H groups in total. The number of fused-ring (bicyclic) bond motifs is 3. The number of hydrogen-bond acceptors (Lipinski definition) is 13. The van der Waals surface area contributed by atoms with Gasteiger partial charge >= 0.3 is 0 Å². The third kappa shape index (κ3) is 9.28. The van der Waals surface area contributed by atoms with Crippen LogP contribution in [-0.2, 0) is 14.4 Å². The van der Waals surface area contributed by atoms with Gasteiger partial charge in [0.1, 0.15) is 35.1 Å². The first-order valence-electron chi connectivity index (χ1n) is 23.3. The minimum atomic E-state index is -0.825. The molecule has 7 aromatic rings. The first kappa shape index (κ1) is 47.1. The molecule has 16 nitrogen and oxygen atoms in total. The maximum Gasteiger partial charge on any atom is 0.247 e. The van der Waals surface area contributed by atoms with Gasteiger partial charge in [0.2, 0.25) is 23.6 Å². The van der Waals surface area contributed by atoms with E-state index < -0.39 is 24.2 Å². The van der Waals surface area contributed by atoms with Gasteiger partial charge in [0.25, 0.3) is 0 Å². The highest BCUT2D eigenvalue weighted by Gasteiger charge is 2.41. The molecule has 0 spiro atoms. The Hall–Kier alpha value is -6.60. The fourth-order valence-corrected chi connectivity index (χ4v) is 11.6. The number of aromatic nitrogens is 7. The van der Waals surface area contributed by atoms with E-state index in [0.717, 1.165) is 66.1 Å². The van der Waals surface area contributed by atoms with Gasteiger partial charge in [0.15, 0.2) is 5.82 Å². The molecule has 2 aliphatic heterocycles. The largest absolute Gasteiger partial charge is 0.474 e. The normalized spacial score (nSPS) is 20.4. The third-order valence-electron chi connectivity index (χ3n) is 13.6. The number of hydrogen-bond donors (Lipinski definition) is 3. The number of aryl methyl sites for hydroxylation is 3. The number of likely N-dealkylation sites (tertiary alicyclic amines) is 1. The van der Waals surface area contributed by atoms with Crippen LogP contribution in [0.25, 0.3) is 26.6 Å². The Morgan fingerprint density at radius 1 is 0.900 bits per heavy atom. The summed E-state index contributed by atoms with van der Waals surface area (Å²) in [6, 6.07) is 16.8. The van der Waals surface area contributed by atoms with Crippen LogP contribution in [-0.4, -0.2) is 98.8 Å². The quantitative estimate of drug-likeness (QED) is 0.102. The number of thiophene rings is 1. The Kier molecular flexibility index (Phi) is 13.0. The summed E-state index contributed by atoms with van der Waals surface area (Å²) in [7, 11) is 0. The molecule has 1 saturated carbocycles. The number of benzene rings is 2.